The van der Waals surface area contributed by atoms with E-state index >= 15 is 0 Å². The van der Waals surface area contributed by atoms with Gasteiger partial charge in [0, 0.05) is 22.0 Å². The Morgan fingerprint density at radius 1 is 0.431 bits per heavy atom. The maximum atomic E-state index is 6.64. The quantitative estimate of drug-likeness (QED) is 0.178. The van der Waals surface area contributed by atoms with Crippen LogP contribution in [0.3, 0.4) is 0 Å². The Morgan fingerprint density at radius 3 is 1.75 bits per heavy atom. The zero-order chi connectivity index (χ0) is 33.5. The molecule has 0 amide bonds. The van der Waals surface area contributed by atoms with E-state index in [0.717, 1.165) is 50.4 Å². The van der Waals surface area contributed by atoms with Crippen molar-refractivity contribution in [3.05, 3.63) is 176 Å². The normalized spacial score (nSPS) is 16.8. The second kappa shape index (κ2) is 10.9. The van der Waals surface area contributed by atoms with Crippen LogP contribution in [0, 0.1) is 0 Å². The van der Waals surface area contributed by atoms with Crippen molar-refractivity contribution in [1.82, 2.24) is 4.98 Å². The van der Waals surface area contributed by atoms with E-state index in [1.54, 1.807) is 0 Å². The maximum absolute atomic E-state index is 6.64. The van der Waals surface area contributed by atoms with Gasteiger partial charge < -0.3 is 14.2 Å². The van der Waals surface area contributed by atoms with Gasteiger partial charge in [-0.2, -0.15) is 0 Å². The van der Waals surface area contributed by atoms with E-state index < -0.39 is 0 Å². The first-order valence-electron chi connectivity index (χ1n) is 17.5. The molecule has 51 heavy (non-hydrogen) atoms. The zero-order valence-electron chi connectivity index (χ0n) is 27.6. The molecule has 2 aliphatic rings. The summed E-state index contributed by atoms with van der Waals surface area (Å²) in [7, 11) is 0. The van der Waals surface area contributed by atoms with Crippen LogP contribution in [0.25, 0.3) is 65.5 Å². The largest absolute Gasteiger partial charge is 0.456 e. The number of pyridine rings is 1. The summed E-state index contributed by atoms with van der Waals surface area (Å²) in [6, 6.07) is 54.3. The van der Waals surface area contributed by atoms with Gasteiger partial charge in [-0.05, 0) is 93.0 Å². The molecule has 4 nitrogen and oxygen atoms in total. The van der Waals surface area contributed by atoms with E-state index in [-0.39, 0.29) is 12.1 Å². The number of furan rings is 1. The Morgan fingerprint density at radius 2 is 1.02 bits per heavy atom. The Bertz CT molecular complexity index is 2900. The molecule has 0 N–H and O–H groups in total. The molecule has 2 unspecified atom stereocenters. The molecule has 240 valence electrons. The number of aromatic nitrogens is 1. The second-order valence-electron chi connectivity index (χ2n) is 13.5. The Hall–Kier alpha value is -6.65. The minimum Gasteiger partial charge on any atom is -0.456 e. The number of fused-ring (bicyclic) bond motifs is 11. The summed E-state index contributed by atoms with van der Waals surface area (Å²) in [6.07, 6.45) is 8.90. The lowest BCUT2D eigenvalue weighted by Crippen LogP contribution is -2.52. The number of rotatable bonds is 3. The molecule has 3 heterocycles. The molecule has 11 rings (SSSR count). The molecule has 0 fully saturated rings. The average Bonchev–Trinajstić information content (AvgIpc) is 3.56. The highest BCUT2D eigenvalue weighted by Gasteiger charge is 2.39. The summed E-state index contributed by atoms with van der Waals surface area (Å²) in [4.78, 5) is 10.2. The zero-order valence-corrected chi connectivity index (χ0v) is 27.6. The van der Waals surface area contributed by atoms with Crippen molar-refractivity contribution in [1.29, 1.82) is 0 Å². The second-order valence-corrected chi connectivity index (χ2v) is 13.5. The molecular weight excluding hydrogens is 623 g/mol. The molecule has 0 bridgehead atoms. The standard InChI is InChI=1S/C47H31N3O/c1-2-13-31(14-3-1)49-41-20-8-10-22-43(41)50(44-23-11-9-21-42(44)49)47-24-12-19-40(48-47)30-25-26-36-39-28-37-34-17-6-4-15-32(34)33-16-5-7-18-35(33)38(37)29-46(39)51-45(36)27-30/h1-29,41,43H. The molecule has 0 spiro atoms. The van der Waals surface area contributed by atoms with Crippen LogP contribution in [0.15, 0.2) is 180 Å². The van der Waals surface area contributed by atoms with E-state index in [1.807, 2.05) is 0 Å². The Kier molecular flexibility index (Phi) is 6.05. The van der Waals surface area contributed by atoms with Gasteiger partial charge in [0.1, 0.15) is 17.0 Å². The summed E-state index contributed by atoms with van der Waals surface area (Å²) in [5.41, 5.74) is 7.16. The van der Waals surface area contributed by atoms with Gasteiger partial charge in [0.25, 0.3) is 0 Å². The van der Waals surface area contributed by atoms with E-state index in [4.69, 9.17) is 9.40 Å². The van der Waals surface area contributed by atoms with Crippen molar-refractivity contribution in [2.24, 2.45) is 0 Å². The fourth-order valence-electron chi connectivity index (χ4n) is 8.48. The van der Waals surface area contributed by atoms with E-state index in [9.17, 15) is 0 Å². The predicted molar refractivity (Wildman–Crippen MR) is 212 cm³/mol. The fraction of sp³-hybridized carbons (Fsp3) is 0.0426. The Labute approximate surface area is 294 Å². The third-order valence-corrected chi connectivity index (χ3v) is 10.7. The number of nitrogens with zero attached hydrogens (tertiary/aromatic N) is 3. The highest BCUT2D eigenvalue weighted by atomic mass is 16.3. The number of para-hydroxylation sites is 3. The Balaban J connectivity index is 1.04. The van der Waals surface area contributed by atoms with Gasteiger partial charge in [0.05, 0.1) is 29.2 Å². The third-order valence-electron chi connectivity index (χ3n) is 10.7. The minimum absolute atomic E-state index is 0.0620. The number of allylic oxidation sites excluding steroid dienone is 2. The number of benzene rings is 7. The summed E-state index contributed by atoms with van der Waals surface area (Å²) < 4.78 is 6.64. The third kappa shape index (κ3) is 4.23. The summed E-state index contributed by atoms with van der Waals surface area (Å²) in [6.45, 7) is 0. The lowest BCUT2D eigenvalue weighted by atomic mass is 9.93. The van der Waals surface area contributed by atoms with E-state index in [0.29, 0.717) is 0 Å². The van der Waals surface area contributed by atoms with Crippen LogP contribution in [0.4, 0.5) is 22.9 Å². The van der Waals surface area contributed by atoms with Crippen LogP contribution in [-0.2, 0) is 0 Å². The SMILES string of the molecule is C1=CC2C(C=C1)N(c1cccc(-c3ccc4c(c3)oc3cc5c6ccccc6c6ccccc6c5cc34)n1)c1ccccc1N2c1ccccc1. The van der Waals surface area contributed by atoms with Crippen LogP contribution in [-0.4, -0.2) is 17.1 Å². The monoisotopic (exact) mass is 653 g/mol. The van der Waals surface area contributed by atoms with Gasteiger partial charge in [-0.25, -0.2) is 4.98 Å². The van der Waals surface area contributed by atoms with Crippen molar-refractivity contribution in [2.75, 3.05) is 9.80 Å². The van der Waals surface area contributed by atoms with Gasteiger partial charge >= 0.3 is 0 Å². The summed E-state index contributed by atoms with van der Waals surface area (Å²) in [5.74, 6) is 0.914. The molecular formula is C47H31N3O. The van der Waals surface area contributed by atoms with Crippen molar-refractivity contribution >= 4 is 77.1 Å². The lowest BCUT2D eigenvalue weighted by molar-refractivity contribution is 0.634. The number of hydrogen-bond acceptors (Lipinski definition) is 4. The highest BCUT2D eigenvalue weighted by molar-refractivity contribution is 6.28. The van der Waals surface area contributed by atoms with Gasteiger partial charge in [-0.3, -0.25) is 0 Å². The number of hydrogen-bond donors (Lipinski definition) is 0. The topological polar surface area (TPSA) is 32.5 Å². The highest BCUT2D eigenvalue weighted by Crippen LogP contribution is 2.47. The molecule has 1 aliphatic carbocycles. The van der Waals surface area contributed by atoms with E-state index in [2.05, 4.69) is 186 Å². The van der Waals surface area contributed by atoms with Gasteiger partial charge in [-0.15, -0.1) is 0 Å². The first-order valence-corrected chi connectivity index (χ1v) is 17.5. The minimum atomic E-state index is 0.0620. The summed E-state index contributed by atoms with van der Waals surface area (Å²) >= 11 is 0. The smallest absolute Gasteiger partial charge is 0.136 e. The van der Waals surface area contributed by atoms with Gasteiger partial charge in [0.15, 0.2) is 0 Å². The predicted octanol–water partition coefficient (Wildman–Crippen LogP) is 12.3. The first kappa shape index (κ1) is 28.2. The maximum Gasteiger partial charge on any atom is 0.136 e. The van der Waals surface area contributed by atoms with E-state index in [1.165, 1.54) is 38.0 Å². The van der Waals surface area contributed by atoms with Gasteiger partial charge in [-0.1, -0.05) is 115 Å². The first-order chi connectivity index (χ1) is 25.3. The van der Waals surface area contributed by atoms with Crippen LogP contribution in [0.1, 0.15) is 0 Å². The van der Waals surface area contributed by atoms with Crippen molar-refractivity contribution in [3.8, 4) is 11.3 Å². The van der Waals surface area contributed by atoms with Gasteiger partial charge in [0.2, 0.25) is 0 Å². The average molecular weight is 654 g/mol. The molecule has 9 aromatic rings. The van der Waals surface area contributed by atoms with Crippen molar-refractivity contribution in [3.63, 3.8) is 0 Å². The molecule has 1 aliphatic heterocycles. The van der Waals surface area contributed by atoms with Crippen LogP contribution in [0.5, 0.6) is 0 Å². The van der Waals surface area contributed by atoms with Crippen molar-refractivity contribution < 1.29 is 4.42 Å². The number of anilines is 4. The molecule has 2 aromatic heterocycles. The van der Waals surface area contributed by atoms with Crippen LogP contribution >= 0.6 is 0 Å². The lowest BCUT2D eigenvalue weighted by Gasteiger charge is -2.48. The summed E-state index contributed by atoms with van der Waals surface area (Å²) in [5, 5.41) is 9.73. The fourth-order valence-corrected chi connectivity index (χ4v) is 8.48. The molecule has 0 saturated carbocycles. The molecule has 4 heteroatoms. The molecule has 7 aromatic carbocycles. The molecule has 0 saturated heterocycles. The van der Waals surface area contributed by atoms with Crippen LogP contribution < -0.4 is 9.80 Å². The molecule has 2 atom stereocenters. The van der Waals surface area contributed by atoms with Crippen LogP contribution in [0.2, 0.25) is 0 Å². The van der Waals surface area contributed by atoms with Crippen molar-refractivity contribution in [2.45, 2.75) is 12.1 Å². The molecule has 0 radical (unpaired) electrons.